The first kappa shape index (κ1) is 13.1. The van der Waals surface area contributed by atoms with Gasteiger partial charge in [-0.15, -0.1) is 0 Å². The van der Waals surface area contributed by atoms with Gasteiger partial charge in [0.1, 0.15) is 0 Å². The molecule has 1 heterocycles. The summed E-state index contributed by atoms with van der Waals surface area (Å²) < 4.78 is 0. The van der Waals surface area contributed by atoms with E-state index in [9.17, 15) is 4.79 Å². The molecule has 1 aliphatic rings. The van der Waals surface area contributed by atoms with Gasteiger partial charge in [-0.1, -0.05) is 19.1 Å². The Balaban J connectivity index is 2.05. The van der Waals surface area contributed by atoms with E-state index in [1.54, 1.807) is 0 Å². The fraction of sp³-hybridized carbons (Fsp3) is 0.533. The van der Waals surface area contributed by atoms with Crippen LogP contribution in [0.1, 0.15) is 42.1 Å². The standard InChI is InChI=1S/C15H22N2O/c1-12-3-2-9-17(10-8-12)15(18)14-6-4-13(11-16)5-7-14/h4-7,12H,2-3,8-11,16H2,1H3. The summed E-state index contributed by atoms with van der Waals surface area (Å²) >= 11 is 0. The minimum Gasteiger partial charge on any atom is -0.339 e. The average molecular weight is 246 g/mol. The quantitative estimate of drug-likeness (QED) is 0.871. The van der Waals surface area contributed by atoms with Crippen LogP contribution < -0.4 is 5.73 Å². The molecular formula is C15H22N2O. The molecule has 2 rings (SSSR count). The van der Waals surface area contributed by atoms with Crippen molar-refractivity contribution in [3.05, 3.63) is 35.4 Å². The second kappa shape index (κ2) is 6.01. The lowest BCUT2D eigenvalue weighted by Gasteiger charge is -2.20. The van der Waals surface area contributed by atoms with Gasteiger partial charge < -0.3 is 10.6 Å². The molecule has 0 radical (unpaired) electrons. The fourth-order valence-corrected chi connectivity index (χ4v) is 2.43. The number of rotatable bonds is 2. The van der Waals surface area contributed by atoms with Crippen LogP contribution in [-0.4, -0.2) is 23.9 Å². The largest absolute Gasteiger partial charge is 0.339 e. The smallest absolute Gasteiger partial charge is 0.253 e. The molecular weight excluding hydrogens is 224 g/mol. The monoisotopic (exact) mass is 246 g/mol. The third-order valence-corrected chi connectivity index (χ3v) is 3.74. The summed E-state index contributed by atoms with van der Waals surface area (Å²) in [6, 6.07) is 7.65. The molecule has 0 aliphatic carbocycles. The van der Waals surface area contributed by atoms with Gasteiger partial charge in [0.05, 0.1) is 0 Å². The summed E-state index contributed by atoms with van der Waals surface area (Å²) in [5.41, 5.74) is 7.40. The summed E-state index contributed by atoms with van der Waals surface area (Å²) in [7, 11) is 0. The van der Waals surface area contributed by atoms with Gasteiger partial charge >= 0.3 is 0 Å². The third kappa shape index (κ3) is 3.10. The molecule has 1 fully saturated rings. The molecule has 0 saturated carbocycles. The van der Waals surface area contributed by atoms with Gasteiger partial charge in [0, 0.05) is 25.2 Å². The van der Waals surface area contributed by atoms with Crippen molar-refractivity contribution >= 4 is 5.91 Å². The Kier molecular flexibility index (Phi) is 4.37. The minimum absolute atomic E-state index is 0.160. The van der Waals surface area contributed by atoms with Gasteiger partial charge in [-0.25, -0.2) is 0 Å². The van der Waals surface area contributed by atoms with Crippen LogP contribution in [0.15, 0.2) is 24.3 Å². The number of amides is 1. The predicted octanol–water partition coefficient (Wildman–Crippen LogP) is 2.41. The van der Waals surface area contributed by atoms with Crippen molar-refractivity contribution in [2.24, 2.45) is 11.7 Å². The van der Waals surface area contributed by atoms with Crippen LogP contribution in [0, 0.1) is 5.92 Å². The summed E-state index contributed by atoms with van der Waals surface area (Å²) in [5, 5.41) is 0. The Bertz CT molecular complexity index is 399. The van der Waals surface area contributed by atoms with Crippen molar-refractivity contribution in [1.82, 2.24) is 4.90 Å². The summed E-state index contributed by atoms with van der Waals surface area (Å²) in [6.07, 6.45) is 3.47. The van der Waals surface area contributed by atoms with Gasteiger partial charge in [-0.2, -0.15) is 0 Å². The zero-order valence-corrected chi connectivity index (χ0v) is 11.1. The third-order valence-electron chi connectivity index (χ3n) is 3.74. The molecule has 0 aromatic heterocycles. The zero-order valence-electron chi connectivity index (χ0n) is 11.1. The lowest BCUT2D eigenvalue weighted by atomic mass is 10.0. The maximum Gasteiger partial charge on any atom is 0.253 e. The number of carbonyl (C=O) groups is 1. The number of carbonyl (C=O) groups excluding carboxylic acids is 1. The van der Waals surface area contributed by atoms with Gasteiger partial charge in [0.2, 0.25) is 0 Å². The van der Waals surface area contributed by atoms with E-state index in [0.29, 0.717) is 6.54 Å². The highest BCUT2D eigenvalue weighted by Crippen LogP contribution is 2.18. The van der Waals surface area contributed by atoms with Crippen molar-refractivity contribution in [2.45, 2.75) is 32.7 Å². The van der Waals surface area contributed by atoms with Crippen LogP contribution in [0.5, 0.6) is 0 Å². The molecule has 18 heavy (non-hydrogen) atoms. The van der Waals surface area contributed by atoms with Crippen molar-refractivity contribution in [3.8, 4) is 0 Å². The van der Waals surface area contributed by atoms with E-state index in [-0.39, 0.29) is 5.91 Å². The number of hydrogen-bond acceptors (Lipinski definition) is 2. The topological polar surface area (TPSA) is 46.3 Å². The van der Waals surface area contributed by atoms with Crippen LogP contribution in [0.3, 0.4) is 0 Å². The van der Waals surface area contributed by atoms with Crippen molar-refractivity contribution in [1.29, 1.82) is 0 Å². The Hall–Kier alpha value is -1.35. The Labute approximate surface area is 109 Å². The molecule has 2 N–H and O–H groups in total. The first-order valence-corrected chi connectivity index (χ1v) is 6.79. The molecule has 98 valence electrons. The molecule has 3 heteroatoms. The fourth-order valence-electron chi connectivity index (χ4n) is 2.43. The first-order chi connectivity index (χ1) is 8.70. The first-order valence-electron chi connectivity index (χ1n) is 6.79. The van der Waals surface area contributed by atoms with E-state index in [1.165, 1.54) is 6.42 Å². The SMILES string of the molecule is CC1CCCN(C(=O)c2ccc(CN)cc2)CC1. The molecule has 0 bridgehead atoms. The van der Waals surface area contributed by atoms with E-state index in [4.69, 9.17) is 5.73 Å². The summed E-state index contributed by atoms with van der Waals surface area (Å²) in [6.45, 7) is 4.57. The van der Waals surface area contributed by atoms with E-state index in [0.717, 1.165) is 43.0 Å². The zero-order chi connectivity index (χ0) is 13.0. The van der Waals surface area contributed by atoms with Crippen LogP contribution in [0.4, 0.5) is 0 Å². The lowest BCUT2D eigenvalue weighted by Crippen LogP contribution is -2.31. The number of benzene rings is 1. The van der Waals surface area contributed by atoms with Gasteiger partial charge in [0.25, 0.3) is 5.91 Å². The average Bonchev–Trinajstić information content (AvgIpc) is 2.63. The lowest BCUT2D eigenvalue weighted by molar-refractivity contribution is 0.0760. The van der Waals surface area contributed by atoms with Crippen LogP contribution in [0.25, 0.3) is 0 Å². The van der Waals surface area contributed by atoms with Crippen LogP contribution in [-0.2, 0) is 6.54 Å². The number of nitrogens with zero attached hydrogens (tertiary/aromatic N) is 1. The Morgan fingerprint density at radius 2 is 2.00 bits per heavy atom. The van der Waals surface area contributed by atoms with Crippen LogP contribution >= 0.6 is 0 Å². The molecule has 1 aromatic carbocycles. The minimum atomic E-state index is 0.160. The predicted molar refractivity (Wildman–Crippen MR) is 73.3 cm³/mol. The van der Waals surface area contributed by atoms with E-state index in [2.05, 4.69) is 6.92 Å². The number of nitrogens with two attached hydrogens (primary N) is 1. The van der Waals surface area contributed by atoms with Gasteiger partial charge in [0.15, 0.2) is 0 Å². The maximum atomic E-state index is 12.4. The van der Waals surface area contributed by atoms with Crippen molar-refractivity contribution in [2.75, 3.05) is 13.1 Å². The highest BCUT2D eigenvalue weighted by Gasteiger charge is 2.19. The molecule has 3 nitrogen and oxygen atoms in total. The summed E-state index contributed by atoms with van der Waals surface area (Å²) in [5.74, 6) is 0.898. The molecule has 1 unspecified atom stereocenters. The Morgan fingerprint density at radius 1 is 1.28 bits per heavy atom. The van der Waals surface area contributed by atoms with Crippen molar-refractivity contribution < 1.29 is 4.79 Å². The van der Waals surface area contributed by atoms with E-state index in [1.807, 2.05) is 29.2 Å². The molecule has 1 aromatic rings. The highest BCUT2D eigenvalue weighted by atomic mass is 16.2. The molecule has 1 amide bonds. The number of hydrogen-bond donors (Lipinski definition) is 1. The van der Waals surface area contributed by atoms with E-state index >= 15 is 0 Å². The number of likely N-dealkylation sites (tertiary alicyclic amines) is 1. The molecule has 1 aliphatic heterocycles. The Morgan fingerprint density at radius 3 is 2.67 bits per heavy atom. The molecule has 1 saturated heterocycles. The normalized spacial score (nSPS) is 20.6. The second-order valence-corrected chi connectivity index (χ2v) is 5.23. The van der Waals surface area contributed by atoms with Crippen molar-refractivity contribution in [3.63, 3.8) is 0 Å². The van der Waals surface area contributed by atoms with Gasteiger partial charge in [-0.3, -0.25) is 4.79 Å². The molecule has 0 spiro atoms. The molecule has 1 atom stereocenters. The van der Waals surface area contributed by atoms with Crippen LogP contribution in [0.2, 0.25) is 0 Å². The summed E-state index contributed by atoms with van der Waals surface area (Å²) in [4.78, 5) is 14.3. The highest BCUT2D eigenvalue weighted by molar-refractivity contribution is 5.94. The van der Waals surface area contributed by atoms with E-state index < -0.39 is 0 Å². The van der Waals surface area contributed by atoms with Gasteiger partial charge in [-0.05, 0) is 42.9 Å². The maximum absolute atomic E-state index is 12.4. The second-order valence-electron chi connectivity index (χ2n) is 5.23.